The van der Waals surface area contributed by atoms with Crippen molar-refractivity contribution < 1.29 is 65.2 Å². The summed E-state index contributed by atoms with van der Waals surface area (Å²) in [6, 6.07) is 26.5. The number of hydrogen-bond acceptors (Lipinski definition) is 0. The summed E-state index contributed by atoms with van der Waals surface area (Å²) >= 11 is 0. The van der Waals surface area contributed by atoms with Crippen LogP contribution < -0.4 is 0 Å². The van der Waals surface area contributed by atoms with Crippen LogP contribution in [0.3, 0.4) is 0 Å². The molecular weight excluding hydrogens is 557 g/mol. The fourth-order valence-electron chi connectivity index (χ4n) is 2.34. The van der Waals surface area contributed by atoms with Gasteiger partial charge in [0.15, 0.2) is 0 Å². The molecule has 1 saturated carbocycles. The van der Waals surface area contributed by atoms with Crippen LogP contribution in [0.25, 0.3) is 0 Å². The second kappa shape index (κ2) is 41.5. The van der Waals surface area contributed by atoms with Gasteiger partial charge in [-0.3, -0.25) is 0 Å². The van der Waals surface area contributed by atoms with Crippen LogP contribution in [0.1, 0.15) is 43.2 Å². The van der Waals surface area contributed by atoms with E-state index in [1.54, 1.807) is 0 Å². The first-order valence-electron chi connectivity index (χ1n) is 9.51. The second-order valence-electron chi connectivity index (χ2n) is 6.18. The molecule has 2 radical (unpaired) electrons. The Kier molecular flexibility index (Phi) is 57.5. The van der Waals surface area contributed by atoms with Gasteiger partial charge in [0.25, 0.3) is 0 Å². The van der Waals surface area contributed by atoms with Gasteiger partial charge >= 0.3 is 68.0 Å². The molecule has 33 heavy (non-hydrogen) atoms. The van der Waals surface area contributed by atoms with E-state index >= 15 is 0 Å². The molecule has 4 rings (SSSR count). The predicted octanol–water partition coefficient (Wildman–Crippen LogP) is 7.44. The minimum atomic E-state index is 0. The largest absolute Gasteiger partial charge is 2.00 e. The molecule has 0 N–H and O–H groups in total. The maximum absolute atomic E-state index is 7.50. The van der Waals surface area contributed by atoms with Gasteiger partial charge in [-0.15, -0.1) is 12.8 Å². The maximum atomic E-state index is 7.50. The Morgan fingerprint density at radius 3 is 1.45 bits per heavy atom. The third-order valence-electron chi connectivity index (χ3n) is 3.79. The molecule has 1 fully saturated rings. The van der Waals surface area contributed by atoms with Crippen molar-refractivity contribution in [2.24, 2.45) is 0 Å². The molecule has 7 heteroatoms. The van der Waals surface area contributed by atoms with Crippen LogP contribution in [-0.4, -0.2) is 5.66 Å². The molecule has 3 nitrogen and oxygen atoms in total. The van der Waals surface area contributed by atoms with E-state index in [9.17, 15) is 0 Å². The van der Waals surface area contributed by atoms with Crippen molar-refractivity contribution >= 4 is 9.24 Å². The van der Waals surface area contributed by atoms with Gasteiger partial charge in [-0.2, -0.15) is 53.6 Å². The Hall–Kier alpha value is -0.742. The molecule has 0 heterocycles. The zero-order valence-corrected chi connectivity index (χ0v) is 23.3. The molecule has 0 aromatic heterocycles. The van der Waals surface area contributed by atoms with Gasteiger partial charge in [0, 0.05) is 17.1 Å². The second-order valence-corrected chi connectivity index (χ2v) is 6.91. The first-order chi connectivity index (χ1) is 14.7. The Morgan fingerprint density at radius 1 is 0.848 bits per heavy atom. The van der Waals surface area contributed by atoms with Gasteiger partial charge in [-0.1, -0.05) is 33.1 Å². The van der Waals surface area contributed by atoms with E-state index < -0.39 is 0 Å². The molecule has 3 aromatic rings. The number of aryl methyl sites for hydroxylation is 2. The molecule has 3 aromatic carbocycles. The fourth-order valence-corrected chi connectivity index (χ4v) is 2.71. The normalized spacial score (nSPS) is 9.97. The Bertz CT molecular complexity index is 622. The van der Waals surface area contributed by atoms with Crippen LogP contribution in [0.15, 0.2) is 78.9 Å². The van der Waals surface area contributed by atoms with Crippen LogP contribution in [0.5, 0.6) is 0 Å². The standard InChI is InChI=1S/C6H11P.2C6H7.C5H5.3CO.Fe.2Mn/c7-6-4-2-1-3-5-6;2*1-6-4-2-3-5-6;1-2-4-5-3-1;3*1-2;;;/h6H,1-5H2;2*2-5H,1H3;1-5H;;;;;;/q-2;3*-1;;;;+2;;+2. The van der Waals surface area contributed by atoms with Crippen LogP contribution >= 0.6 is 9.24 Å². The van der Waals surface area contributed by atoms with Gasteiger partial charge in [-0.25, -0.2) is 36.4 Å². The Labute approximate surface area is 234 Å². The summed E-state index contributed by atoms with van der Waals surface area (Å²) in [4.78, 5) is 0. The average molecular weight is 587 g/mol. The quantitative estimate of drug-likeness (QED) is 0.114. The molecular formula is C26H30FeMn2O3P-. The van der Waals surface area contributed by atoms with E-state index in [0.717, 1.165) is 5.66 Å². The zero-order valence-electron chi connectivity index (χ0n) is 18.9. The first kappa shape index (κ1) is 45.7. The summed E-state index contributed by atoms with van der Waals surface area (Å²) in [5.41, 5.74) is 3.42. The minimum absolute atomic E-state index is 0. The Morgan fingerprint density at radius 2 is 1.30 bits per heavy atom. The molecule has 0 bridgehead atoms. The van der Waals surface area contributed by atoms with Crippen molar-refractivity contribution in [3.8, 4) is 0 Å². The molecule has 0 atom stereocenters. The summed E-state index contributed by atoms with van der Waals surface area (Å²) < 4.78 is 22.5. The number of hydrogen-bond donors (Lipinski definition) is 0. The number of rotatable bonds is 0. The van der Waals surface area contributed by atoms with Crippen molar-refractivity contribution in [1.82, 2.24) is 0 Å². The molecule has 0 amide bonds. The van der Waals surface area contributed by atoms with E-state index in [4.69, 9.17) is 14.0 Å². The van der Waals surface area contributed by atoms with Crippen molar-refractivity contribution in [3.63, 3.8) is 0 Å². The van der Waals surface area contributed by atoms with Crippen molar-refractivity contribution in [2.45, 2.75) is 51.6 Å². The SMILES string of the molecule is C[c-]1cccc1.Cc1ccc[cH-]1.[C-]#[O+].[C-]#[O+].[C-]#[O+].[Fe+2].[Mn+2].[Mn].[P-2]C1CCCCC1.c1cc[cH-]c1. The van der Waals surface area contributed by atoms with Gasteiger partial charge in [0.1, 0.15) is 0 Å². The first-order valence-corrected chi connectivity index (χ1v) is 10.0. The van der Waals surface area contributed by atoms with E-state index in [-0.39, 0.29) is 51.2 Å². The molecule has 0 unspecified atom stereocenters. The molecule has 0 spiro atoms. The summed E-state index contributed by atoms with van der Waals surface area (Å²) in [5, 5.41) is 0. The van der Waals surface area contributed by atoms with Gasteiger partial charge in [0.2, 0.25) is 0 Å². The van der Waals surface area contributed by atoms with Crippen LogP contribution in [0, 0.1) is 33.8 Å². The van der Waals surface area contributed by atoms with Gasteiger partial charge < -0.3 is 14.9 Å². The van der Waals surface area contributed by atoms with E-state index in [1.807, 2.05) is 54.6 Å². The molecule has 0 saturated heterocycles. The van der Waals surface area contributed by atoms with Crippen LogP contribution in [0.4, 0.5) is 0 Å². The van der Waals surface area contributed by atoms with Crippen molar-refractivity contribution in [2.75, 3.05) is 0 Å². The zero-order chi connectivity index (χ0) is 23.5. The molecule has 1 aliphatic carbocycles. The predicted molar refractivity (Wildman–Crippen MR) is 121 cm³/mol. The third-order valence-corrected chi connectivity index (χ3v) is 4.31. The summed E-state index contributed by atoms with van der Waals surface area (Å²) in [5.74, 6) is 0. The maximum Gasteiger partial charge on any atom is 2.00 e. The topological polar surface area (TPSA) is 59.7 Å². The summed E-state index contributed by atoms with van der Waals surface area (Å²) in [6.07, 6.45) is 6.96. The molecule has 180 valence electrons. The smallest absolute Gasteiger partial charge is 1.49 e. The van der Waals surface area contributed by atoms with Crippen molar-refractivity contribution in [1.29, 1.82) is 0 Å². The Balaban J connectivity index is -0.0000000668. The molecule has 1 aliphatic rings. The summed E-state index contributed by atoms with van der Waals surface area (Å²) in [7, 11) is 4.36. The molecule has 0 aliphatic heterocycles. The van der Waals surface area contributed by atoms with Gasteiger partial charge in [0.05, 0.1) is 0 Å². The monoisotopic (exact) mass is 587 g/mol. The van der Waals surface area contributed by atoms with E-state index in [2.05, 4.69) is 67.3 Å². The van der Waals surface area contributed by atoms with Crippen LogP contribution in [0.2, 0.25) is 0 Å². The minimum Gasteiger partial charge on any atom is -1.49 e. The van der Waals surface area contributed by atoms with E-state index in [0.29, 0.717) is 0 Å². The average Bonchev–Trinajstić information content (AvgIpc) is 3.60. The fraction of sp³-hybridized carbons (Fsp3) is 0.308. The van der Waals surface area contributed by atoms with Gasteiger partial charge in [-0.05, 0) is 0 Å². The third kappa shape index (κ3) is 38.8. The van der Waals surface area contributed by atoms with E-state index in [1.165, 1.54) is 43.2 Å². The van der Waals surface area contributed by atoms with Crippen LogP contribution in [-0.2, 0) is 65.2 Å². The summed E-state index contributed by atoms with van der Waals surface area (Å²) in [6.45, 7) is 17.7. The van der Waals surface area contributed by atoms with Crippen molar-refractivity contribution in [3.05, 3.63) is 110 Å².